The summed E-state index contributed by atoms with van der Waals surface area (Å²) in [6.07, 6.45) is 3.59. The van der Waals surface area contributed by atoms with Crippen LogP contribution in [0.3, 0.4) is 0 Å². The molecule has 9 nitrogen and oxygen atoms in total. The Kier molecular flexibility index (Phi) is 5.18. The summed E-state index contributed by atoms with van der Waals surface area (Å²) in [4.78, 5) is 31.7. The summed E-state index contributed by atoms with van der Waals surface area (Å²) < 4.78 is 5.03. The first-order chi connectivity index (χ1) is 12.7. The number of anilines is 2. The van der Waals surface area contributed by atoms with Gasteiger partial charge in [0.1, 0.15) is 0 Å². The third kappa shape index (κ3) is 4.20. The Bertz CT molecular complexity index is 910. The van der Waals surface area contributed by atoms with E-state index in [1.54, 1.807) is 55.7 Å². The molecule has 26 heavy (non-hydrogen) atoms. The third-order valence-electron chi connectivity index (χ3n) is 3.38. The van der Waals surface area contributed by atoms with Gasteiger partial charge in [-0.25, -0.2) is 5.43 Å². The van der Waals surface area contributed by atoms with Crippen LogP contribution in [0.5, 0.6) is 0 Å². The number of benzene rings is 1. The molecular formula is C17H16N6O3. The highest BCUT2D eigenvalue weighted by Crippen LogP contribution is 2.16. The molecule has 0 aliphatic rings. The zero-order valence-electron chi connectivity index (χ0n) is 13.9. The molecule has 9 heteroatoms. The van der Waals surface area contributed by atoms with E-state index in [0.717, 1.165) is 5.56 Å². The average molecular weight is 352 g/mol. The SMILES string of the molecule is CCC(=O)Nc1cccc(C(=O)NNc2nc(-c3ccncc3)no2)c1. The highest BCUT2D eigenvalue weighted by Gasteiger charge is 2.11. The van der Waals surface area contributed by atoms with Crippen molar-refractivity contribution in [2.75, 3.05) is 10.7 Å². The fourth-order valence-electron chi connectivity index (χ4n) is 2.06. The second kappa shape index (κ2) is 7.88. The third-order valence-corrected chi connectivity index (χ3v) is 3.38. The van der Waals surface area contributed by atoms with Crippen LogP contribution in [0.2, 0.25) is 0 Å². The van der Waals surface area contributed by atoms with Gasteiger partial charge in [0.25, 0.3) is 5.91 Å². The molecule has 0 spiro atoms. The molecule has 0 aliphatic heterocycles. The molecule has 3 N–H and O–H groups in total. The maximum Gasteiger partial charge on any atom is 0.340 e. The first-order valence-corrected chi connectivity index (χ1v) is 7.86. The molecule has 132 valence electrons. The van der Waals surface area contributed by atoms with E-state index in [1.165, 1.54) is 0 Å². The minimum atomic E-state index is -0.416. The van der Waals surface area contributed by atoms with Gasteiger partial charge in [-0.2, -0.15) is 4.98 Å². The van der Waals surface area contributed by atoms with Gasteiger partial charge in [-0.05, 0) is 30.3 Å². The number of carbonyl (C=O) groups is 2. The Morgan fingerprint density at radius 1 is 1.15 bits per heavy atom. The van der Waals surface area contributed by atoms with E-state index in [1.807, 2.05) is 0 Å². The highest BCUT2D eigenvalue weighted by molar-refractivity contribution is 5.97. The number of nitrogens with zero attached hydrogens (tertiary/aromatic N) is 3. The Balaban J connectivity index is 1.62. The number of hydrazine groups is 1. The summed E-state index contributed by atoms with van der Waals surface area (Å²) in [5, 5.41) is 6.51. The molecular weight excluding hydrogens is 336 g/mol. The number of rotatable bonds is 6. The molecule has 0 fully saturated rings. The van der Waals surface area contributed by atoms with Gasteiger partial charge in [0.15, 0.2) is 0 Å². The van der Waals surface area contributed by atoms with Crippen molar-refractivity contribution >= 4 is 23.5 Å². The van der Waals surface area contributed by atoms with Crippen LogP contribution in [-0.4, -0.2) is 26.9 Å². The number of pyridine rings is 1. The zero-order valence-corrected chi connectivity index (χ0v) is 13.9. The van der Waals surface area contributed by atoms with Gasteiger partial charge in [-0.1, -0.05) is 18.1 Å². The van der Waals surface area contributed by atoms with Crippen LogP contribution < -0.4 is 16.2 Å². The Morgan fingerprint density at radius 2 is 1.96 bits per heavy atom. The lowest BCUT2D eigenvalue weighted by Gasteiger charge is -2.07. The molecule has 0 aliphatic carbocycles. The van der Waals surface area contributed by atoms with Gasteiger partial charge in [0.05, 0.1) is 0 Å². The fraction of sp³-hybridized carbons (Fsp3) is 0.118. The molecule has 0 saturated heterocycles. The van der Waals surface area contributed by atoms with Crippen molar-refractivity contribution in [1.82, 2.24) is 20.6 Å². The van der Waals surface area contributed by atoms with Crippen molar-refractivity contribution in [3.05, 3.63) is 54.4 Å². The van der Waals surface area contributed by atoms with Crippen molar-refractivity contribution < 1.29 is 14.1 Å². The van der Waals surface area contributed by atoms with Crippen molar-refractivity contribution in [2.24, 2.45) is 0 Å². The van der Waals surface area contributed by atoms with E-state index in [4.69, 9.17) is 4.52 Å². The van der Waals surface area contributed by atoms with Crippen LogP contribution in [0.15, 0.2) is 53.3 Å². The summed E-state index contributed by atoms with van der Waals surface area (Å²) in [6.45, 7) is 1.75. The molecule has 2 aromatic heterocycles. The van der Waals surface area contributed by atoms with Gasteiger partial charge < -0.3 is 9.84 Å². The van der Waals surface area contributed by atoms with E-state index in [0.29, 0.717) is 23.5 Å². The maximum atomic E-state index is 12.2. The van der Waals surface area contributed by atoms with Crippen molar-refractivity contribution in [3.8, 4) is 11.4 Å². The fourth-order valence-corrected chi connectivity index (χ4v) is 2.06. The number of nitrogens with one attached hydrogen (secondary N) is 3. The topological polar surface area (TPSA) is 122 Å². The van der Waals surface area contributed by atoms with Crippen LogP contribution in [0, 0.1) is 0 Å². The minimum Gasteiger partial charge on any atom is -0.326 e. The van der Waals surface area contributed by atoms with Crippen molar-refractivity contribution in [2.45, 2.75) is 13.3 Å². The van der Waals surface area contributed by atoms with Gasteiger partial charge in [-0.3, -0.25) is 20.0 Å². The number of hydrogen-bond acceptors (Lipinski definition) is 7. The Hall–Kier alpha value is -3.75. The molecule has 0 unspecified atom stereocenters. The first kappa shape index (κ1) is 17.1. The summed E-state index contributed by atoms with van der Waals surface area (Å²) >= 11 is 0. The zero-order chi connectivity index (χ0) is 18.4. The molecule has 1 aromatic carbocycles. The van der Waals surface area contributed by atoms with Gasteiger partial charge >= 0.3 is 6.01 Å². The standard InChI is InChI=1S/C17H16N6O3/c1-2-14(24)19-13-5-3-4-12(10-13)16(25)21-22-17-20-15(23-26-17)11-6-8-18-9-7-11/h3-10H,2H2,1H3,(H,19,24)(H,21,25)(H,20,22,23). The maximum absolute atomic E-state index is 12.2. The van der Waals surface area contributed by atoms with Crippen LogP contribution in [0.4, 0.5) is 11.7 Å². The molecule has 2 amide bonds. The molecule has 3 aromatic rings. The van der Waals surface area contributed by atoms with Gasteiger partial charge in [0, 0.05) is 35.6 Å². The normalized spacial score (nSPS) is 10.2. The number of carbonyl (C=O) groups excluding carboxylic acids is 2. The van der Waals surface area contributed by atoms with E-state index >= 15 is 0 Å². The predicted octanol–water partition coefficient (Wildman–Crippen LogP) is 2.24. The number of aromatic nitrogens is 3. The summed E-state index contributed by atoms with van der Waals surface area (Å²) in [6, 6.07) is 10.1. The van der Waals surface area contributed by atoms with Crippen LogP contribution in [0.25, 0.3) is 11.4 Å². The average Bonchev–Trinajstić information content (AvgIpc) is 3.16. The summed E-state index contributed by atoms with van der Waals surface area (Å²) in [5.41, 5.74) is 6.67. The van der Waals surface area contributed by atoms with E-state index in [2.05, 4.69) is 31.3 Å². The highest BCUT2D eigenvalue weighted by atomic mass is 16.5. The van der Waals surface area contributed by atoms with Crippen molar-refractivity contribution in [3.63, 3.8) is 0 Å². The second-order valence-electron chi connectivity index (χ2n) is 5.22. The van der Waals surface area contributed by atoms with Crippen molar-refractivity contribution in [1.29, 1.82) is 0 Å². The second-order valence-corrected chi connectivity index (χ2v) is 5.22. The lowest BCUT2D eigenvalue weighted by molar-refractivity contribution is -0.115. The van der Waals surface area contributed by atoms with E-state index < -0.39 is 5.91 Å². The molecule has 0 radical (unpaired) electrons. The first-order valence-electron chi connectivity index (χ1n) is 7.86. The monoisotopic (exact) mass is 352 g/mol. The Labute approximate surface area is 148 Å². The smallest absolute Gasteiger partial charge is 0.326 e. The largest absolute Gasteiger partial charge is 0.340 e. The molecule has 2 heterocycles. The number of amides is 2. The molecule has 0 saturated carbocycles. The molecule has 0 bridgehead atoms. The molecule has 0 atom stereocenters. The van der Waals surface area contributed by atoms with Crippen LogP contribution >= 0.6 is 0 Å². The van der Waals surface area contributed by atoms with Crippen LogP contribution in [-0.2, 0) is 4.79 Å². The predicted molar refractivity (Wildman–Crippen MR) is 94.0 cm³/mol. The van der Waals surface area contributed by atoms with Gasteiger partial charge in [-0.15, -0.1) is 0 Å². The number of hydrogen-bond donors (Lipinski definition) is 3. The van der Waals surface area contributed by atoms with Gasteiger partial charge in [0.2, 0.25) is 11.7 Å². The Morgan fingerprint density at radius 3 is 2.73 bits per heavy atom. The minimum absolute atomic E-state index is 0.0422. The molecule has 3 rings (SSSR count). The van der Waals surface area contributed by atoms with E-state index in [-0.39, 0.29) is 11.9 Å². The van der Waals surface area contributed by atoms with Crippen LogP contribution in [0.1, 0.15) is 23.7 Å². The summed E-state index contributed by atoms with van der Waals surface area (Å²) in [5.74, 6) is -0.176. The van der Waals surface area contributed by atoms with E-state index in [9.17, 15) is 9.59 Å². The summed E-state index contributed by atoms with van der Waals surface area (Å²) in [7, 11) is 0. The quantitative estimate of drug-likeness (QED) is 0.581. The lowest BCUT2D eigenvalue weighted by atomic mass is 10.2. The lowest BCUT2D eigenvalue weighted by Crippen LogP contribution is -2.29.